The normalized spacial score (nSPS) is 10.5. The molecule has 0 aliphatic carbocycles. The van der Waals surface area contributed by atoms with Gasteiger partial charge in [0.05, 0.1) is 10.7 Å². The average Bonchev–Trinajstić information content (AvgIpc) is 2.52. The number of rotatable bonds is 1. The van der Waals surface area contributed by atoms with Gasteiger partial charge in [0.15, 0.2) is 0 Å². The first kappa shape index (κ1) is 9.92. The van der Waals surface area contributed by atoms with Gasteiger partial charge < -0.3 is 0 Å². The molecule has 5 heteroatoms. The summed E-state index contributed by atoms with van der Waals surface area (Å²) in [5, 5.41) is 4.81. The number of hydrogen-bond donors (Lipinski definition) is 0. The van der Waals surface area contributed by atoms with Crippen LogP contribution in [0.2, 0.25) is 5.02 Å². The highest BCUT2D eigenvalue weighted by Crippen LogP contribution is 2.25. The minimum atomic E-state index is 0.686. The highest BCUT2D eigenvalue weighted by atomic mass is 127. The maximum absolute atomic E-state index is 6.10. The lowest BCUT2D eigenvalue weighted by atomic mass is 10.3. The molecule has 0 saturated heterocycles. The quantitative estimate of drug-likeness (QED) is 0.757. The van der Waals surface area contributed by atoms with Crippen LogP contribution in [0.1, 0.15) is 5.82 Å². The molecule has 0 bridgehead atoms. The van der Waals surface area contributed by atoms with E-state index in [2.05, 4.69) is 32.7 Å². The first-order valence-electron chi connectivity index (χ1n) is 4.01. The van der Waals surface area contributed by atoms with Gasteiger partial charge in [-0.3, -0.25) is 0 Å². The van der Waals surface area contributed by atoms with Gasteiger partial charge in [-0.2, -0.15) is 5.10 Å². The fourth-order valence-electron chi connectivity index (χ4n) is 1.21. The third kappa shape index (κ3) is 1.64. The predicted molar refractivity (Wildman–Crippen MR) is 63.8 cm³/mol. The van der Waals surface area contributed by atoms with Crippen LogP contribution in [0, 0.1) is 10.5 Å². The lowest BCUT2D eigenvalue weighted by Gasteiger charge is -2.07. The van der Waals surface area contributed by atoms with Gasteiger partial charge in [-0.15, -0.1) is 0 Å². The minimum absolute atomic E-state index is 0.686. The van der Waals surface area contributed by atoms with E-state index in [4.69, 9.17) is 11.6 Å². The van der Waals surface area contributed by atoms with E-state index in [-0.39, 0.29) is 0 Å². The molecule has 0 radical (unpaired) electrons. The molecule has 72 valence electrons. The number of halogens is 2. The van der Waals surface area contributed by atoms with Gasteiger partial charge in [0, 0.05) is 3.57 Å². The highest BCUT2D eigenvalue weighted by Gasteiger charge is 2.09. The molecule has 1 aromatic heterocycles. The zero-order chi connectivity index (χ0) is 10.1. The Labute approximate surface area is 100 Å². The smallest absolute Gasteiger partial charge is 0.138 e. The summed E-state index contributed by atoms with van der Waals surface area (Å²) >= 11 is 8.33. The second-order valence-corrected chi connectivity index (χ2v) is 4.36. The first-order chi connectivity index (χ1) is 6.70. The number of benzene rings is 1. The largest absolute Gasteiger partial charge is 0.220 e. The number of aromatic nitrogens is 3. The monoisotopic (exact) mass is 319 g/mol. The molecular formula is C9H7ClIN3. The molecule has 2 rings (SSSR count). The summed E-state index contributed by atoms with van der Waals surface area (Å²) in [6.45, 7) is 1.90. The summed E-state index contributed by atoms with van der Waals surface area (Å²) in [5.74, 6) is 0.830. The van der Waals surface area contributed by atoms with Crippen molar-refractivity contribution in [3.63, 3.8) is 0 Å². The van der Waals surface area contributed by atoms with Crippen molar-refractivity contribution in [3.8, 4) is 5.69 Å². The van der Waals surface area contributed by atoms with E-state index in [0.717, 1.165) is 15.1 Å². The van der Waals surface area contributed by atoms with Crippen molar-refractivity contribution in [2.45, 2.75) is 6.92 Å². The molecule has 3 nitrogen and oxygen atoms in total. The lowest BCUT2D eigenvalue weighted by Crippen LogP contribution is -2.02. The first-order valence-corrected chi connectivity index (χ1v) is 5.47. The van der Waals surface area contributed by atoms with Gasteiger partial charge in [-0.1, -0.05) is 17.7 Å². The van der Waals surface area contributed by atoms with Gasteiger partial charge in [0.1, 0.15) is 12.2 Å². The fraction of sp³-hybridized carbons (Fsp3) is 0.111. The van der Waals surface area contributed by atoms with Crippen molar-refractivity contribution < 1.29 is 0 Å². The summed E-state index contributed by atoms with van der Waals surface area (Å²) in [6.07, 6.45) is 1.52. The van der Waals surface area contributed by atoms with Gasteiger partial charge in [0.25, 0.3) is 0 Å². The van der Waals surface area contributed by atoms with E-state index in [0.29, 0.717) is 5.02 Å². The van der Waals surface area contributed by atoms with Crippen LogP contribution in [-0.4, -0.2) is 14.8 Å². The van der Waals surface area contributed by atoms with Crippen LogP contribution in [0.25, 0.3) is 5.69 Å². The number of para-hydroxylation sites is 1. The second-order valence-electron chi connectivity index (χ2n) is 2.79. The second kappa shape index (κ2) is 3.86. The molecule has 2 aromatic rings. The minimum Gasteiger partial charge on any atom is -0.220 e. The van der Waals surface area contributed by atoms with Crippen LogP contribution < -0.4 is 0 Å². The molecule has 0 N–H and O–H groups in total. The Morgan fingerprint density at radius 3 is 2.79 bits per heavy atom. The molecule has 0 aliphatic heterocycles. The van der Waals surface area contributed by atoms with Crippen LogP contribution in [-0.2, 0) is 0 Å². The number of aryl methyl sites for hydroxylation is 1. The van der Waals surface area contributed by atoms with Crippen LogP contribution in [0.4, 0.5) is 0 Å². The van der Waals surface area contributed by atoms with Crippen LogP contribution >= 0.6 is 34.2 Å². The van der Waals surface area contributed by atoms with Crippen molar-refractivity contribution in [1.82, 2.24) is 14.8 Å². The van der Waals surface area contributed by atoms with Crippen molar-refractivity contribution in [2.24, 2.45) is 0 Å². The Hall–Kier alpha value is -0.620. The average molecular weight is 320 g/mol. The van der Waals surface area contributed by atoms with Crippen LogP contribution in [0.3, 0.4) is 0 Å². The molecule has 0 aliphatic rings. The van der Waals surface area contributed by atoms with E-state index >= 15 is 0 Å². The Morgan fingerprint density at radius 2 is 2.21 bits per heavy atom. The molecule has 0 saturated carbocycles. The van der Waals surface area contributed by atoms with Crippen molar-refractivity contribution in [1.29, 1.82) is 0 Å². The molecule has 0 unspecified atom stereocenters. The third-order valence-electron chi connectivity index (χ3n) is 1.87. The maximum atomic E-state index is 6.10. The Kier molecular flexibility index (Phi) is 2.73. The standard InChI is InChI=1S/C9H7ClIN3/c1-6-12-5-13-14(6)9-7(10)3-2-4-8(9)11/h2-5H,1H3. The van der Waals surface area contributed by atoms with Gasteiger partial charge in [-0.25, -0.2) is 9.67 Å². The van der Waals surface area contributed by atoms with E-state index in [1.165, 1.54) is 6.33 Å². The fourth-order valence-corrected chi connectivity index (χ4v) is 2.35. The summed E-state index contributed by atoms with van der Waals surface area (Å²) in [7, 11) is 0. The molecule has 0 atom stereocenters. The Balaban J connectivity index is 2.68. The predicted octanol–water partition coefficient (Wildman–Crippen LogP) is 2.83. The third-order valence-corrected chi connectivity index (χ3v) is 3.04. The van der Waals surface area contributed by atoms with Crippen molar-refractivity contribution in [2.75, 3.05) is 0 Å². The number of hydrogen-bond acceptors (Lipinski definition) is 2. The lowest BCUT2D eigenvalue weighted by molar-refractivity contribution is 0.836. The SMILES string of the molecule is Cc1ncnn1-c1c(Cl)cccc1I. The Morgan fingerprint density at radius 1 is 1.43 bits per heavy atom. The Bertz CT molecular complexity index is 447. The highest BCUT2D eigenvalue weighted by molar-refractivity contribution is 14.1. The van der Waals surface area contributed by atoms with E-state index in [1.807, 2.05) is 25.1 Å². The topological polar surface area (TPSA) is 30.7 Å². The molecule has 1 aromatic carbocycles. The molecule has 0 spiro atoms. The van der Waals surface area contributed by atoms with Crippen LogP contribution in [0.5, 0.6) is 0 Å². The van der Waals surface area contributed by atoms with Crippen LogP contribution in [0.15, 0.2) is 24.5 Å². The van der Waals surface area contributed by atoms with Gasteiger partial charge >= 0.3 is 0 Å². The molecular weight excluding hydrogens is 312 g/mol. The van der Waals surface area contributed by atoms with E-state index in [9.17, 15) is 0 Å². The summed E-state index contributed by atoms with van der Waals surface area (Å²) < 4.78 is 2.80. The zero-order valence-corrected chi connectivity index (χ0v) is 10.3. The number of nitrogens with zero attached hydrogens (tertiary/aromatic N) is 3. The van der Waals surface area contributed by atoms with Gasteiger partial charge in [0.2, 0.25) is 0 Å². The summed E-state index contributed by atoms with van der Waals surface area (Å²) in [5.41, 5.74) is 0.893. The van der Waals surface area contributed by atoms with Crippen molar-refractivity contribution in [3.05, 3.63) is 38.9 Å². The summed E-state index contributed by atoms with van der Waals surface area (Å²) in [4.78, 5) is 4.07. The zero-order valence-electron chi connectivity index (χ0n) is 7.41. The molecule has 14 heavy (non-hydrogen) atoms. The van der Waals surface area contributed by atoms with Gasteiger partial charge in [-0.05, 0) is 41.6 Å². The maximum Gasteiger partial charge on any atom is 0.138 e. The molecule has 0 fully saturated rings. The summed E-state index contributed by atoms with van der Waals surface area (Å²) in [6, 6.07) is 5.75. The van der Waals surface area contributed by atoms with Crippen molar-refractivity contribution >= 4 is 34.2 Å². The molecule has 0 amide bonds. The van der Waals surface area contributed by atoms with E-state index in [1.54, 1.807) is 4.68 Å². The van der Waals surface area contributed by atoms with E-state index < -0.39 is 0 Å². The molecule has 1 heterocycles.